The summed E-state index contributed by atoms with van der Waals surface area (Å²) in [5, 5.41) is 18.6. The molecule has 1 fully saturated rings. The lowest BCUT2D eigenvalue weighted by molar-refractivity contribution is -0.138. The van der Waals surface area contributed by atoms with Crippen LogP contribution in [0.15, 0.2) is 52.7 Å². The monoisotopic (exact) mass is 401 g/mol. The Morgan fingerprint density at radius 3 is 2.64 bits per heavy atom. The molecular formula is C19H16FN3O4S. The number of aliphatic carboxylic acids is 1. The highest BCUT2D eigenvalue weighted by atomic mass is 32.2. The molecule has 144 valence electrons. The Hall–Kier alpha value is -3.20. The maximum Gasteiger partial charge on any atom is 0.305 e. The molecular weight excluding hydrogens is 385 g/mol. The van der Waals surface area contributed by atoms with Gasteiger partial charge in [0.05, 0.1) is 19.7 Å². The van der Waals surface area contributed by atoms with Crippen LogP contribution in [-0.4, -0.2) is 40.7 Å². The summed E-state index contributed by atoms with van der Waals surface area (Å²) in [6, 6.07) is 12.0. The van der Waals surface area contributed by atoms with Crippen LogP contribution in [0.2, 0.25) is 0 Å². The molecule has 7 nitrogen and oxygen atoms in total. The molecule has 9 heteroatoms. The number of amides is 1. The number of amidine groups is 1. The molecule has 1 amide bonds. The molecule has 0 bridgehead atoms. The van der Waals surface area contributed by atoms with E-state index in [-0.39, 0.29) is 17.3 Å². The van der Waals surface area contributed by atoms with Crippen molar-refractivity contribution < 1.29 is 23.8 Å². The van der Waals surface area contributed by atoms with Gasteiger partial charge in [-0.3, -0.25) is 9.59 Å². The maximum absolute atomic E-state index is 13.8. The number of halogens is 1. The summed E-state index contributed by atoms with van der Waals surface area (Å²) in [4.78, 5) is 22.3. The molecule has 2 N–H and O–H groups in total. The Bertz CT molecular complexity index is 960. The smallest absolute Gasteiger partial charge is 0.305 e. The lowest BCUT2D eigenvalue weighted by Gasteiger charge is -2.05. The molecule has 0 radical (unpaired) electrons. The average Bonchev–Trinajstić information content (AvgIpc) is 3.01. The zero-order chi connectivity index (χ0) is 20.1. The zero-order valence-corrected chi connectivity index (χ0v) is 15.6. The second-order valence-electron chi connectivity index (χ2n) is 5.81. The number of rotatable bonds is 6. The first-order valence-electron chi connectivity index (χ1n) is 8.20. The van der Waals surface area contributed by atoms with E-state index < -0.39 is 22.9 Å². The Kier molecular flexibility index (Phi) is 6.05. The highest BCUT2D eigenvalue weighted by Crippen LogP contribution is 2.26. The predicted octanol–water partition coefficient (Wildman–Crippen LogP) is 2.90. The minimum absolute atomic E-state index is 0.189. The minimum atomic E-state index is -1.05. The molecule has 1 unspecified atom stereocenters. The van der Waals surface area contributed by atoms with Crippen LogP contribution < -0.4 is 10.1 Å². The molecule has 3 rings (SSSR count). The van der Waals surface area contributed by atoms with E-state index >= 15 is 0 Å². The number of nitrogens with zero attached hydrogens (tertiary/aromatic N) is 2. The van der Waals surface area contributed by atoms with Crippen LogP contribution in [0.5, 0.6) is 5.75 Å². The molecule has 28 heavy (non-hydrogen) atoms. The molecule has 1 aliphatic heterocycles. The third-order valence-electron chi connectivity index (χ3n) is 3.89. The summed E-state index contributed by atoms with van der Waals surface area (Å²) in [7, 11) is 1.41. The Balaban J connectivity index is 1.65. The SMILES string of the molecule is COc1ccc(-c2ccc(C=NN=C3NC(=O)C(CC(=O)O)S3)cc2)cc1F. The number of hydrogen-bond acceptors (Lipinski definition) is 6. The second-order valence-corrected chi connectivity index (χ2v) is 7.01. The van der Waals surface area contributed by atoms with Crippen molar-refractivity contribution in [3.63, 3.8) is 0 Å². The lowest BCUT2D eigenvalue weighted by Crippen LogP contribution is -2.26. The van der Waals surface area contributed by atoms with Gasteiger partial charge in [-0.2, -0.15) is 5.10 Å². The van der Waals surface area contributed by atoms with E-state index in [0.29, 0.717) is 0 Å². The molecule has 1 atom stereocenters. The number of ether oxygens (including phenoxy) is 1. The molecule has 1 heterocycles. The quantitative estimate of drug-likeness (QED) is 0.573. The second kappa shape index (κ2) is 8.66. The molecule has 0 saturated carbocycles. The summed E-state index contributed by atoms with van der Waals surface area (Å²) in [6.07, 6.45) is 1.23. The van der Waals surface area contributed by atoms with E-state index in [1.54, 1.807) is 24.3 Å². The van der Waals surface area contributed by atoms with E-state index in [2.05, 4.69) is 15.5 Å². The number of benzene rings is 2. The number of thioether (sulfide) groups is 1. The van der Waals surface area contributed by atoms with Crippen molar-refractivity contribution in [2.45, 2.75) is 11.7 Å². The fourth-order valence-corrected chi connectivity index (χ4v) is 3.42. The van der Waals surface area contributed by atoms with Crippen LogP contribution in [0.4, 0.5) is 4.39 Å². The van der Waals surface area contributed by atoms with Crippen molar-refractivity contribution in [1.29, 1.82) is 0 Å². The van der Waals surface area contributed by atoms with Crippen LogP contribution in [0.1, 0.15) is 12.0 Å². The van der Waals surface area contributed by atoms with Gasteiger partial charge in [-0.1, -0.05) is 42.1 Å². The van der Waals surface area contributed by atoms with E-state index in [4.69, 9.17) is 9.84 Å². The Labute approximate surface area is 164 Å². The van der Waals surface area contributed by atoms with Crippen LogP contribution >= 0.6 is 11.8 Å². The van der Waals surface area contributed by atoms with Crippen LogP contribution in [0.25, 0.3) is 11.1 Å². The number of methoxy groups -OCH3 is 1. The van der Waals surface area contributed by atoms with Crippen molar-refractivity contribution in [2.24, 2.45) is 10.2 Å². The largest absolute Gasteiger partial charge is 0.494 e. The van der Waals surface area contributed by atoms with Gasteiger partial charge >= 0.3 is 5.97 Å². The molecule has 0 spiro atoms. The van der Waals surface area contributed by atoms with Crippen molar-refractivity contribution in [3.05, 3.63) is 53.8 Å². The molecule has 1 saturated heterocycles. The van der Waals surface area contributed by atoms with Gasteiger partial charge in [0.25, 0.3) is 0 Å². The van der Waals surface area contributed by atoms with Crippen molar-refractivity contribution in [1.82, 2.24) is 5.32 Å². The van der Waals surface area contributed by atoms with Gasteiger partial charge in [0.2, 0.25) is 5.91 Å². The summed E-state index contributed by atoms with van der Waals surface area (Å²) in [5.41, 5.74) is 2.32. The van der Waals surface area contributed by atoms with Crippen LogP contribution in [-0.2, 0) is 9.59 Å². The van der Waals surface area contributed by atoms with Crippen molar-refractivity contribution in [3.8, 4) is 16.9 Å². The first-order chi connectivity index (χ1) is 13.5. The van der Waals surface area contributed by atoms with E-state index in [1.165, 1.54) is 19.4 Å². The summed E-state index contributed by atoms with van der Waals surface area (Å²) < 4.78 is 18.7. The van der Waals surface area contributed by atoms with Crippen molar-refractivity contribution >= 4 is 35.0 Å². The van der Waals surface area contributed by atoms with Crippen molar-refractivity contribution in [2.75, 3.05) is 7.11 Å². The topological polar surface area (TPSA) is 100 Å². The average molecular weight is 401 g/mol. The number of hydrogen-bond donors (Lipinski definition) is 2. The first-order valence-corrected chi connectivity index (χ1v) is 9.08. The van der Waals surface area contributed by atoms with Gasteiger partial charge in [-0.25, -0.2) is 4.39 Å². The maximum atomic E-state index is 13.8. The van der Waals surface area contributed by atoms with Gasteiger partial charge in [0.15, 0.2) is 16.7 Å². The highest BCUT2D eigenvalue weighted by Gasteiger charge is 2.32. The molecule has 2 aromatic carbocycles. The van der Waals surface area contributed by atoms with E-state index in [0.717, 1.165) is 28.5 Å². The van der Waals surface area contributed by atoms with Gasteiger partial charge in [0.1, 0.15) is 5.25 Å². The number of carbonyl (C=O) groups is 2. The Morgan fingerprint density at radius 1 is 1.29 bits per heavy atom. The summed E-state index contributed by atoms with van der Waals surface area (Å²) in [5.74, 6) is -1.68. The first kappa shape index (κ1) is 19.6. The fourth-order valence-electron chi connectivity index (χ4n) is 2.50. The molecule has 0 aromatic heterocycles. The van der Waals surface area contributed by atoms with Gasteiger partial charge in [-0.05, 0) is 28.8 Å². The van der Waals surface area contributed by atoms with Gasteiger partial charge in [-0.15, -0.1) is 5.10 Å². The number of carboxylic acid groups (broad SMARTS) is 1. The fraction of sp³-hybridized carbons (Fsp3) is 0.158. The zero-order valence-electron chi connectivity index (χ0n) is 14.8. The highest BCUT2D eigenvalue weighted by molar-refractivity contribution is 8.15. The number of carbonyl (C=O) groups excluding carboxylic acids is 1. The molecule has 1 aliphatic rings. The van der Waals surface area contributed by atoms with Crippen LogP contribution in [0, 0.1) is 5.82 Å². The summed E-state index contributed by atoms with van der Waals surface area (Å²) in [6.45, 7) is 0. The molecule has 0 aliphatic carbocycles. The number of carboxylic acids is 1. The third kappa shape index (κ3) is 4.74. The lowest BCUT2D eigenvalue weighted by atomic mass is 10.0. The van der Waals surface area contributed by atoms with Gasteiger partial charge in [0, 0.05) is 0 Å². The van der Waals surface area contributed by atoms with Gasteiger partial charge < -0.3 is 15.2 Å². The van der Waals surface area contributed by atoms with E-state index in [9.17, 15) is 14.0 Å². The Morgan fingerprint density at radius 2 is 2.00 bits per heavy atom. The molecule has 2 aromatic rings. The summed E-state index contributed by atoms with van der Waals surface area (Å²) >= 11 is 1.04. The van der Waals surface area contributed by atoms with E-state index in [1.807, 2.05) is 12.1 Å². The minimum Gasteiger partial charge on any atom is -0.494 e. The normalized spacial score (nSPS) is 17.9. The van der Waals surface area contributed by atoms with Crippen LogP contribution in [0.3, 0.4) is 0 Å². The standard InChI is InChI=1S/C19H16FN3O4S/c1-27-15-7-6-13(8-14(15)20)12-4-2-11(3-5-12)10-21-23-19-22-18(26)16(28-19)9-17(24)25/h2-8,10,16H,9H2,1H3,(H,24,25)(H,22,23,26). The predicted molar refractivity (Wildman–Crippen MR) is 105 cm³/mol. The third-order valence-corrected chi connectivity index (χ3v) is 4.96. The number of nitrogens with one attached hydrogen (secondary N) is 1.